The van der Waals surface area contributed by atoms with Crippen LogP contribution < -0.4 is 4.72 Å². The molecule has 0 aliphatic carbocycles. The second kappa shape index (κ2) is 4.14. The van der Waals surface area contributed by atoms with Crippen molar-refractivity contribution in [2.75, 3.05) is 0 Å². The fourth-order valence-electron chi connectivity index (χ4n) is 0.800. The summed E-state index contributed by atoms with van der Waals surface area (Å²) in [5.41, 5.74) is 0.0637. The fourth-order valence-corrected chi connectivity index (χ4v) is 1.15. The van der Waals surface area contributed by atoms with Crippen LogP contribution in [0.4, 0.5) is 0 Å². The average Bonchev–Trinajstić information content (AvgIpc) is 1.64. The third kappa shape index (κ3) is 4.75. The Kier molecular flexibility index (Phi) is 4.27. The summed E-state index contributed by atoms with van der Waals surface area (Å²) in [4.78, 5) is 0. The number of hydrogen-bond acceptors (Lipinski definition) is 3. The second-order valence-electron chi connectivity index (χ2n) is 2.83. The Morgan fingerprint density at radius 3 is 2.44 bits per heavy atom. The molecule has 0 bridgehead atoms. The van der Waals surface area contributed by atoms with Gasteiger partial charge < -0.3 is 4.55 Å². The van der Waals surface area contributed by atoms with Crippen LogP contribution in [0, 0.1) is 0 Å². The van der Waals surface area contributed by atoms with Gasteiger partial charge in [0.2, 0.25) is 0 Å². The van der Waals surface area contributed by atoms with Crippen molar-refractivity contribution < 1.29 is 4.55 Å². The van der Waals surface area contributed by atoms with E-state index >= 15 is 0 Å². The molecule has 0 fully saturated rings. The lowest BCUT2D eigenvalue weighted by atomic mass is 10.0. The summed E-state index contributed by atoms with van der Waals surface area (Å²) in [5, 5.41) is 0. The average molecular weight is 149 g/mol. The summed E-state index contributed by atoms with van der Waals surface area (Å²) >= 11 is 0.699. The summed E-state index contributed by atoms with van der Waals surface area (Å²) < 4.78 is 11.3. The molecule has 3 heteroatoms. The van der Waals surface area contributed by atoms with E-state index in [1.54, 1.807) is 0 Å². The van der Waals surface area contributed by atoms with Gasteiger partial charge >= 0.3 is 0 Å². The van der Waals surface area contributed by atoms with E-state index in [2.05, 4.69) is 25.5 Å². The van der Waals surface area contributed by atoms with Gasteiger partial charge in [-0.05, 0) is 20.3 Å². The van der Waals surface area contributed by atoms with Gasteiger partial charge in [0.1, 0.15) is 0 Å². The molecule has 0 atom stereocenters. The number of rotatable bonds is 4. The molecule has 0 radical (unpaired) electrons. The zero-order valence-electron chi connectivity index (χ0n) is 6.27. The first-order valence-electron chi connectivity index (χ1n) is 3.20. The van der Waals surface area contributed by atoms with Crippen molar-refractivity contribution in [2.45, 2.75) is 39.2 Å². The van der Waals surface area contributed by atoms with Crippen LogP contribution >= 0.6 is 12.2 Å². The molecule has 0 saturated carbocycles. The largest absolute Gasteiger partial charge is 0.317 e. The van der Waals surface area contributed by atoms with Crippen LogP contribution in [0.25, 0.3) is 0 Å². The predicted molar refractivity (Wildman–Crippen MR) is 42.3 cm³/mol. The highest BCUT2D eigenvalue weighted by atomic mass is 32.2. The van der Waals surface area contributed by atoms with Crippen molar-refractivity contribution in [1.29, 1.82) is 0 Å². The summed E-state index contributed by atoms with van der Waals surface area (Å²) in [5.74, 6) is 0. The summed E-state index contributed by atoms with van der Waals surface area (Å²) in [7, 11) is 0. The van der Waals surface area contributed by atoms with E-state index in [1.807, 2.05) is 0 Å². The highest BCUT2D eigenvalue weighted by molar-refractivity contribution is 7.91. The standard InChI is InChI=1S/C6H15NOS/c1-4-5-6(2,3)7-9-8/h7-8H,4-5H2,1-3H3. The van der Waals surface area contributed by atoms with Crippen LogP contribution in [0.1, 0.15) is 33.6 Å². The predicted octanol–water partition coefficient (Wildman–Crippen LogP) is 2.28. The van der Waals surface area contributed by atoms with Gasteiger partial charge in [0.25, 0.3) is 0 Å². The van der Waals surface area contributed by atoms with E-state index in [1.165, 1.54) is 0 Å². The van der Waals surface area contributed by atoms with Crippen LogP contribution in [0.3, 0.4) is 0 Å². The Morgan fingerprint density at radius 2 is 2.11 bits per heavy atom. The lowest BCUT2D eigenvalue weighted by molar-refractivity contribution is 0.428. The van der Waals surface area contributed by atoms with Crippen molar-refractivity contribution in [2.24, 2.45) is 0 Å². The third-order valence-corrected chi connectivity index (χ3v) is 1.84. The smallest absolute Gasteiger partial charge is 0.0765 e. The summed E-state index contributed by atoms with van der Waals surface area (Å²) in [6.45, 7) is 6.27. The molecular weight excluding hydrogens is 134 g/mol. The molecule has 0 aliphatic heterocycles. The lowest BCUT2D eigenvalue weighted by Crippen LogP contribution is -2.33. The first-order valence-corrected chi connectivity index (χ1v) is 3.97. The van der Waals surface area contributed by atoms with Gasteiger partial charge in [-0.3, -0.25) is 0 Å². The van der Waals surface area contributed by atoms with Crippen LogP contribution in [0.5, 0.6) is 0 Å². The zero-order valence-corrected chi connectivity index (χ0v) is 7.09. The van der Waals surface area contributed by atoms with Crippen molar-refractivity contribution >= 4 is 12.2 Å². The Bertz CT molecular complexity index is 67.5. The van der Waals surface area contributed by atoms with Crippen LogP contribution in [-0.2, 0) is 0 Å². The van der Waals surface area contributed by atoms with Crippen LogP contribution in [-0.4, -0.2) is 10.1 Å². The Hall–Kier alpha value is 0.270. The Labute approximate surface area is 61.4 Å². The minimum absolute atomic E-state index is 0.0637. The van der Waals surface area contributed by atoms with Crippen LogP contribution in [0.2, 0.25) is 0 Å². The molecule has 2 nitrogen and oxygen atoms in total. The molecule has 56 valence electrons. The van der Waals surface area contributed by atoms with E-state index in [4.69, 9.17) is 4.55 Å². The topological polar surface area (TPSA) is 32.3 Å². The minimum atomic E-state index is 0.0637. The van der Waals surface area contributed by atoms with Crippen LogP contribution in [0.15, 0.2) is 0 Å². The number of hydrogen-bond donors (Lipinski definition) is 2. The SMILES string of the molecule is CCCC(C)(C)NSO. The molecule has 0 aliphatic rings. The highest BCUT2D eigenvalue weighted by Crippen LogP contribution is 2.12. The van der Waals surface area contributed by atoms with E-state index in [0.29, 0.717) is 12.2 Å². The molecule has 0 aromatic carbocycles. The van der Waals surface area contributed by atoms with Crippen molar-refractivity contribution in [1.82, 2.24) is 4.72 Å². The quantitative estimate of drug-likeness (QED) is 0.475. The molecule has 0 spiro atoms. The maximum Gasteiger partial charge on any atom is 0.0765 e. The fraction of sp³-hybridized carbons (Fsp3) is 1.00. The number of nitrogens with one attached hydrogen (secondary N) is 1. The minimum Gasteiger partial charge on any atom is -0.317 e. The molecule has 0 aromatic rings. The van der Waals surface area contributed by atoms with Gasteiger partial charge in [0, 0.05) is 5.54 Å². The Morgan fingerprint density at radius 1 is 1.56 bits per heavy atom. The molecule has 0 rings (SSSR count). The molecule has 9 heavy (non-hydrogen) atoms. The van der Waals surface area contributed by atoms with Gasteiger partial charge in [-0.25, -0.2) is 4.72 Å². The van der Waals surface area contributed by atoms with Crippen molar-refractivity contribution in [3.8, 4) is 0 Å². The van der Waals surface area contributed by atoms with E-state index < -0.39 is 0 Å². The monoisotopic (exact) mass is 149 g/mol. The first kappa shape index (κ1) is 9.27. The van der Waals surface area contributed by atoms with Crippen molar-refractivity contribution in [3.63, 3.8) is 0 Å². The van der Waals surface area contributed by atoms with Crippen molar-refractivity contribution in [3.05, 3.63) is 0 Å². The molecule has 2 N–H and O–H groups in total. The van der Waals surface area contributed by atoms with E-state index in [0.717, 1.165) is 12.8 Å². The second-order valence-corrected chi connectivity index (χ2v) is 3.21. The molecule has 0 heterocycles. The maximum atomic E-state index is 8.43. The Balaban J connectivity index is 3.43. The van der Waals surface area contributed by atoms with Gasteiger partial charge in [0.05, 0.1) is 12.2 Å². The third-order valence-electron chi connectivity index (χ3n) is 1.20. The molecule has 0 saturated heterocycles. The van der Waals surface area contributed by atoms with E-state index in [-0.39, 0.29) is 5.54 Å². The van der Waals surface area contributed by atoms with Gasteiger partial charge in [-0.2, -0.15) is 0 Å². The molecule has 0 amide bonds. The summed E-state index contributed by atoms with van der Waals surface area (Å²) in [6, 6.07) is 0. The van der Waals surface area contributed by atoms with Gasteiger partial charge in [-0.15, -0.1) is 0 Å². The highest BCUT2D eigenvalue weighted by Gasteiger charge is 2.14. The van der Waals surface area contributed by atoms with E-state index in [9.17, 15) is 0 Å². The van der Waals surface area contributed by atoms with Gasteiger partial charge in [0.15, 0.2) is 0 Å². The normalized spacial score (nSPS) is 12.0. The lowest BCUT2D eigenvalue weighted by Gasteiger charge is -2.22. The molecular formula is C6H15NOS. The first-order chi connectivity index (χ1) is 4.12. The zero-order chi connectivity index (χ0) is 7.33. The molecule has 0 aromatic heterocycles. The molecule has 0 unspecified atom stereocenters. The summed E-state index contributed by atoms with van der Waals surface area (Å²) in [6.07, 6.45) is 2.22. The maximum absolute atomic E-state index is 8.43. The van der Waals surface area contributed by atoms with Gasteiger partial charge in [-0.1, -0.05) is 13.3 Å².